The van der Waals surface area contributed by atoms with Gasteiger partial charge in [-0.3, -0.25) is 9.59 Å². The molecule has 4 unspecified atom stereocenters. The van der Waals surface area contributed by atoms with Crippen molar-refractivity contribution in [3.63, 3.8) is 0 Å². The largest absolute Gasteiger partial charge is 0.354 e. The minimum absolute atomic E-state index is 0.0223. The Balaban J connectivity index is 1.51. The Labute approximate surface area is 113 Å². The van der Waals surface area contributed by atoms with Crippen LogP contribution in [0.15, 0.2) is 0 Å². The predicted molar refractivity (Wildman–Crippen MR) is 71.5 cm³/mol. The lowest BCUT2D eigenvalue weighted by molar-refractivity contribution is -0.125. The summed E-state index contributed by atoms with van der Waals surface area (Å²) < 4.78 is 0. The van der Waals surface area contributed by atoms with E-state index in [2.05, 4.69) is 16.0 Å². The molecule has 0 aromatic rings. The molecule has 3 aliphatic rings. The Bertz CT molecular complexity index is 372. The van der Waals surface area contributed by atoms with E-state index >= 15 is 0 Å². The van der Waals surface area contributed by atoms with Gasteiger partial charge in [0.15, 0.2) is 0 Å². The minimum atomic E-state index is -0.0601. The zero-order valence-corrected chi connectivity index (χ0v) is 11.3. The van der Waals surface area contributed by atoms with Gasteiger partial charge in [-0.25, -0.2) is 0 Å². The molecule has 3 fully saturated rings. The molecule has 0 aromatic carbocycles. The van der Waals surface area contributed by atoms with Crippen LogP contribution in [0.1, 0.15) is 44.9 Å². The monoisotopic (exact) mass is 265 g/mol. The van der Waals surface area contributed by atoms with Gasteiger partial charge in [-0.15, -0.1) is 0 Å². The number of carbonyl (C=O) groups excluding carboxylic acids is 2. The van der Waals surface area contributed by atoms with Crippen molar-refractivity contribution in [3.8, 4) is 0 Å². The molecular formula is C14H23N3O2. The molecule has 5 heteroatoms. The number of nitrogens with one attached hydrogen (secondary N) is 3. The highest BCUT2D eigenvalue weighted by atomic mass is 16.2. The third-order valence-corrected chi connectivity index (χ3v) is 4.79. The zero-order chi connectivity index (χ0) is 13.2. The Morgan fingerprint density at radius 1 is 1.16 bits per heavy atom. The summed E-state index contributed by atoms with van der Waals surface area (Å²) in [6.45, 7) is 0.573. The molecule has 0 aromatic heterocycles. The molecule has 3 rings (SSSR count). The van der Waals surface area contributed by atoms with E-state index in [1.165, 1.54) is 25.7 Å². The molecule has 2 saturated heterocycles. The van der Waals surface area contributed by atoms with Gasteiger partial charge in [0.25, 0.3) is 0 Å². The standard InChI is InChI=1S/C14H23N3O2/c18-13-7-10(8-15-13)16-14(19)12-6-5-9-3-1-2-4-11(9)17-12/h9-12,17H,1-8H2,(H,15,18)(H,16,19). The first-order chi connectivity index (χ1) is 9.22. The van der Waals surface area contributed by atoms with Gasteiger partial charge in [-0.1, -0.05) is 12.8 Å². The lowest BCUT2D eigenvalue weighted by atomic mass is 9.77. The van der Waals surface area contributed by atoms with Crippen molar-refractivity contribution < 1.29 is 9.59 Å². The smallest absolute Gasteiger partial charge is 0.237 e. The molecule has 106 valence electrons. The number of piperidine rings is 1. The van der Waals surface area contributed by atoms with Crippen LogP contribution in [-0.4, -0.2) is 36.5 Å². The topological polar surface area (TPSA) is 70.2 Å². The maximum atomic E-state index is 12.2. The lowest BCUT2D eigenvalue weighted by Crippen LogP contribution is -2.56. The summed E-state index contributed by atoms with van der Waals surface area (Å²) in [5.74, 6) is 0.882. The molecule has 2 aliphatic heterocycles. The van der Waals surface area contributed by atoms with Crippen LogP contribution in [0, 0.1) is 5.92 Å². The SMILES string of the molecule is O=C1CC(NC(=O)C2CCC3CCCCC3N2)CN1. The van der Waals surface area contributed by atoms with Gasteiger partial charge in [-0.05, 0) is 31.6 Å². The molecular weight excluding hydrogens is 242 g/mol. The summed E-state index contributed by atoms with van der Waals surface area (Å²) in [7, 11) is 0. The average molecular weight is 265 g/mol. The second kappa shape index (κ2) is 5.49. The third-order valence-electron chi connectivity index (χ3n) is 4.79. The number of hydrogen-bond acceptors (Lipinski definition) is 3. The molecule has 2 heterocycles. The molecule has 0 bridgehead atoms. The second-order valence-corrected chi connectivity index (χ2v) is 6.16. The van der Waals surface area contributed by atoms with Crippen LogP contribution in [0.2, 0.25) is 0 Å². The molecule has 0 spiro atoms. The highest BCUT2D eigenvalue weighted by Crippen LogP contribution is 2.32. The summed E-state index contributed by atoms with van der Waals surface area (Å²) in [6.07, 6.45) is 7.66. The van der Waals surface area contributed by atoms with Crippen molar-refractivity contribution in [3.05, 3.63) is 0 Å². The van der Waals surface area contributed by atoms with Crippen molar-refractivity contribution in [1.29, 1.82) is 0 Å². The van der Waals surface area contributed by atoms with E-state index in [0.717, 1.165) is 18.8 Å². The number of hydrogen-bond donors (Lipinski definition) is 3. The van der Waals surface area contributed by atoms with Crippen LogP contribution < -0.4 is 16.0 Å². The quantitative estimate of drug-likeness (QED) is 0.672. The first kappa shape index (κ1) is 12.9. The predicted octanol–water partition coefficient (Wildman–Crippen LogP) is 0.302. The fraction of sp³-hybridized carbons (Fsp3) is 0.857. The van der Waals surface area contributed by atoms with Crippen molar-refractivity contribution in [1.82, 2.24) is 16.0 Å². The third kappa shape index (κ3) is 2.91. The van der Waals surface area contributed by atoms with E-state index in [4.69, 9.17) is 0 Å². The Hall–Kier alpha value is -1.10. The van der Waals surface area contributed by atoms with Gasteiger partial charge >= 0.3 is 0 Å². The Morgan fingerprint density at radius 2 is 2.00 bits per heavy atom. The lowest BCUT2D eigenvalue weighted by Gasteiger charge is -2.40. The average Bonchev–Trinajstić information content (AvgIpc) is 2.83. The van der Waals surface area contributed by atoms with E-state index < -0.39 is 0 Å². The van der Waals surface area contributed by atoms with E-state index in [-0.39, 0.29) is 23.9 Å². The van der Waals surface area contributed by atoms with Crippen LogP contribution in [-0.2, 0) is 9.59 Å². The fourth-order valence-electron chi connectivity index (χ4n) is 3.71. The first-order valence-electron chi connectivity index (χ1n) is 7.55. The van der Waals surface area contributed by atoms with Crippen molar-refractivity contribution in [2.75, 3.05) is 6.54 Å². The molecule has 4 atom stereocenters. The summed E-state index contributed by atoms with van der Waals surface area (Å²) in [4.78, 5) is 23.3. The van der Waals surface area contributed by atoms with E-state index in [0.29, 0.717) is 19.0 Å². The zero-order valence-electron chi connectivity index (χ0n) is 11.3. The van der Waals surface area contributed by atoms with Gasteiger partial charge in [0.2, 0.25) is 11.8 Å². The van der Waals surface area contributed by atoms with Gasteiger partial charge in [-0.2, -0.15) is 0 Å². The van der Waals surface area contributed by atoms with Gasteiger partial charge in [0.1, 0.15) is 0 Å². The highest BCUT2D eigenvalue weighted by Gasteiger charge is 2.35. The molecule has 1 saturated carbocycles. The van der Waals surface area contributed by atoms with Crippen molar-refractivity contribution in [2.24, 2.45) is 5.92 Å². The van der Waals surface area contributed by atoms with Crippen LogP contribution in [0.5, 0.6) is 0 Å². The normalized spacial score (nSPS) is 38.4. The maximum absolute atomic E-state index is 12.2. The summed E-state index contributed by atoms with van der Waals surface area (Å²) in [5.41, 5.74) is 0. The Kier molecular flexibility index (Phi) is 3.73. The minimum Gasteiger partial charge on any atom is -0.354 e. The van der Waals surface area contributed by atoms with E-state index in [1.807, 2.05) is 0 Å². The van der Waals surface area contributed by atoms with Crippen LogP contribution in [0.25, 0.3) is 0 Å². The van der Waals surface area contributed by atoms with E-state index in [1.54, 1.807) is 0 Å². The van der Waals surface area contributed by atoms with E-state index in [9.17, 15) is 9.59 Å². The number of amides is 2. The number of carbonyl (C=O) groups is 2. The van der Waals surface area contributed by atoms with Crippen molar-refractivity contribution >= 4 is 11.8 Å². The van der Waals surface area contributed by atoms with Crippen LogP contribution in [0.4, 0.5) is 0 Å². The van der Waals surface area contributed by atoms with Gasteiger partial charge < -0.3 is 16.0 Å². The summed E-state index contributed by atoms with van der Waals surface area (Å²) in [6, 6.07) is 0.447. The van der Waals surface area contributed by atoms with Gasteiger partial charge in [0.05, 0.1) is 12.1 Å². The molecule has 1 aliphatic carbocycles. The number of fused-ring (bicyclic) bond motifs is 1. The molecule has 0 radical (unpaired) electrons. The maximum Gasteiger partial charge on any atom is 0.237 e. The second-order valence-electron chi connectivity index (χ2n) is 6.16. The van der Waals surface area contributed by atoms with Crippen LogP contribution >= 0.6 is 0 Å². The van der Waals surface area contributed by atoms with Crippen molar-refractivity contribution in [2.45, 2.75) is 63.1 Å². The summed E-state index contributed by atoms with van der Waals surface area (Å²) >= 11 is 0. The molecule has 19 heavy (non-hydrogen) atoms. The van der Waals surface area contributed by atoms with Crippen LogP contribution in [0.3, 0.4) is 0 Å². The molecule has 5 nitrogen and oxygen atoms in total. The Morgan fingerprint density at radius 3 is 2.79 bits per heavy atom. The summed E-state index contributed by atoms with van der Waals surface area (Å²) in [5, 5.41) is 9.26. The molecule has 3 N–H and O–H groups in total. The first-order valence-corrected chi connectivity index (χ1v) is 7.55. The highest BCUT2D eigenvalue weighted by molar-refractivity contribution is 5.84. The molecule has 2 amide bonds. The van der Waals surface area contributed by atoms with Gasteiger partial charge in [0, 0.05) is 19.0 Å². The fourth-order valence-corrected chi connectivity index (χ4v) is 3.71. The number of rotatable bonds is 2.